The second-order valence-electron chi connectivity index (χ2n) is 3.20. The highest BCUT2D eigenvalue weighted by atomic mass is 19.1. The Morgan fingerprint density at radius 2 is 2.10 bits per heavy atom. The topological polar surface area (TPSA) is 12.0 Å². The van der Waals surface area contributed by atoms with Gasteiger partial charge in [0.05, 0.1) is 0 Å². The predicted molar refractivity (Wildman–Crippen MR) is 40.8 cm³/mol. The average molecular weight is 145 g/mol. The van der Waals surface area contributed by atoms with E-state index in [9.17, 15) is 4.39 Å². The van der Waals surface area contributed by atoms with Crippen LogP contribution in [0.15, 0.2) is 0 Å². The molecule has 0 aromatic rings. The van der Waals surface area contributed by atoms with Crippen LogP contribution < -0.4 is 5.32 Å². The van der Waals surface area contributed by atoms with E-state index >= 15 is 0 Å². The van der Waals surface area contributed by atoms with Crippen molar-refractivity contribution in [1.82, 2.24) is 5.32 Å². The fourth-order valence-corrected chi connectivity index (χ4v) is 1.57. The zero-order chi connectivity index (χ0) is 7.61. The molecule has 0 aromatic carbocycles. The molecule has 0 radical (unpaired) electrons. The monoisotopic (exact) mass is 145 g/mol. The van der Waals surface area contributed by atoms with Gasteiger partial charge in [-0.2, -0.15) is 0 Å². The van der Waals surface area contributed by atoms with Crippen molar-refractivity contribution in [3.05, 3.63) is 0 Å². The van der Waals surface area contributed by atoms with E-state index in [1.54, 1.807) is 0 Å². The Kier molecular flexibility index (Phi) is 2.29. The lowest BCUT2D eigenvalue weighted by atomic mass is 9.74. The summed E-state index contributed by atoms with van der Waals surface area (Å²) < 4.78 is 13.2. The van der Waals surface area contributed by atoms with E-state index in [1.807, 2.05) is 6.92 Å². The van der Waals surface area contributed by atoms with E-state index in [1.165, 1.54) is 0 Å². The largest absolute Gasteiger partial charge is 0.315 e. The van der Waals surface area contributed by atoms with Crippen molar-refractivity contribution in [2.75, 3.05) is 13.1 Å². The second kappa shape index (κ2) is 2.87. The maximum absolute atomic E-state index is 13.2. The van der Waals surface area contributed by atoms with Gasteiger partial charge in [0.1, 0.15) is 6.17 Å². The molecule has 1 heterocycles. The number of rotatable bonds is 3. The zero-order valence-electron chi connectivity index (χ0n) is 6.78. The van der Waals surface area contributed by atoms with Crippen LogP contribution in [0.5, 0.6) is 0 Å². The molecule has 2 heteroatoms. The molecule has 0 saturated carbocycles. The van der Waals surface area contributed by atoms with E-state index < -0.39 is 6.17 Å². The summed E-state index contributed by atoms with van der Waals surface area (Å²) in [5.74, 6) is 0. The number of halogens is 1. The van der Waals surface area contributed by atoms with Crippen LogP contribution in [0.4, 0.5) is 4.39 Å². The van der Waals surface area contributed by atoms with Gasteiger partial charge in [0.15, 0.2) is 0 Å². The third kappa shape index (κ3) is 1.05. The Hall–Kier alpha value is -0.110. The number of alkyl halides is 1. The fraction of sp³-hybridized carbons (Fsp3) is 1.00. The molecule has 1 unspecified atom stereocenters. The maximum Gasteiger partial charge on any atom is 0.108 e. The minimum atomic E-state index is -0.598. The summed E-state index contributed by atoms with van der Waals surface area (Å²) in [5, 5.41) is 3.13. The normalized spacial score (nSPS) is 25.5. The van der Waals surface area contributed by atoms with Crippen molar-refractivity contribution in [3.8, 4) is 0 Å². The SMILES string of the molecule is CCC(F)C1(CC)CNC1. The molecule has 1 nitrogen and oxygen atoms in total. The van der Waals surface area contributed by atoms with Crippen molar-refractivity contribution in [2.45, 2.75) is 32.9 Å². The molecule has 1 N–H and O–H groups in total. The maximum atomic E-state index is 13.2. The molecule has 1 rings (SSSR count). The van der Waals surface area contributed by atoms with Crippen molar-refractivity contribution < 1.29 is 4.39 Å². The van der Waals surface area contributed by atoms with Crippen LogP contribution in [0, 0.1) is 5.41 Å². The summed E-state index contributed by atoms with van der Waals surface area (Å²) in [6, 6.07) is 0. The van der Waals surface area contributed by atoms with E-state index in [2.05, 4.69) is 12.2 Å². The molecular formula is C8H16FN. The molecule has 1 atom stereocenters. The fourth-order valence-electron chi connectivity index (χ4n) is 1.57. The Morgan fingerprint density at radius 1 is 1.50 bits per heavy atom. The molecule has 1 fully saturated rings. The lowest BCUT2D eigenvalue weighted by molar-refractivity contribution is 0.0390. The first kappa shape index (κ1) is 7.99. The molecule has 1 aliphatic rings. The van der Waals surface area contributed by atoms with Gasteiger partial charge >= 0.3 is 0 Å². The Morgan fingerprint density at radius 3 is 2.20 bits per heavy atom. The summed E-state index contributed by atoms with van der Waals surface area (Å²) in [6.07, 6.45) is 1.03. The van der Waals surface area contributed by atoms with Gasteiger partial charge in [0.2, 0.25) is 0 Å². The van der Waals surface area contributed by atoms with Crippen LogP contribution in [0.1, 0.15) is 26.7 Å². The molecule has 1 aliphatic heterocycles. The molecule has 0 spiro atoms. The Bertz CT molecular complexity index is 104. The van der Waals surface area contributed by atoms with Gasteiger partial charge in [-0.1, -0.05) is 13.8 Å². The molecule has 0 aromatic heterocycles. The van der Waals surface area contributed by atoms with Crippen LogP contribution >= 0.6 is 0 Å². The Labute approximate surface area is 62.0 Å². The van der Waals surface area contributed by atoms with Crippen LogP contribution in [0.25, 0.3) is 0 Å². The number of hydrogen-bond donors (Lipinski definition) is 1. The van der Waals surface area contributed by atoms with Gasteiger partial charge in [0.25, 0.3) is 0 Å². The van der Waals surface area contributed by atoms with Crippen LogP contribution in [0.3, 0.4) is 0 Å². The quantitative estimate of drug-likeness (QED) is 0.637. The minimum Gasteiger partial charge on any atom is -0.315 e. The summed E-state index contributed by atoms with van der Waals surface area (Å²) >= 11 is 0. The standard InChI is InChI=1S/C8H16FN/c1-3-7(9)8(4-2)5-10-6-8/h7,10H,3-6H2,1-2H3. The average Bonchev–Trinajstić information content (AvgIpc) is 1.86. The van der Waals surface area contributed by atoms with Crippen molar-refractivity contribution in [1.29, 1.82) is 0 Å². The molecule has 1 saturated heterocycles. The molecule has 60 valence electrons. The highest BCUT2D eigenvalue weighted by Gasteiger charge is 2.41. The van der Waals surface area contributed by atoms with Crippen LogP contribution in [-0.4, -0.2) is 19.3 Å². The molecule has 0 aliphatic carbocycles. The van der Waals surface area contributed by atoms with Gasteiger partial charge in [-0.25, -0.2) is 4.39 Å². The van der Waals surface area contributed by atoms with E-state index in [4.69, 9.17) is 0 Å². The van der Waals surface area contributed by atoms with E-state index in [0.29, 0.717) is 6.42 Å². The molecule has 0 amide bonds. The first-order chi connectivity index (χ1) is 4.75. The number of nitrogens with one attached hydrogen (secondary N) is 1. The van der Waals surface area contributed by atoms with Crippen LogP contribution in [-0.2, 0) is 0 Å². The van der Waals surface area contributed by atoms with E-state index in [0.717, 1.165) is 19.5 Å². The van der Waals surface area contributed by atoms with Crippen molar-refractivity contribution in [2.24, 2.45) is 5.41 Å². The first-order valence-electron chi connectivity index (χ1n) is 4.10. The highest BCUT2D eigenvalue weighted by molar-refractivity contribution is 4.96. The summed E-state index contributed by atoms with van der Waals surface area (Å²) in [7, 11) is 0. The summed E-state index contributed by atoms with van der Waals surface area (Å²) in [5.41, 5.74) is -0.00521. The minimum absolute atomic E-state index is 0.00521. The third-order valence-corrected chi connectivity index (χ3v) is 2.68. The van der Waals surface area contributed by atoms with Gasteiger partial charge < -0.3 is 5.32 Å². The van der Waals surface area contributed by atoms with Gasteiger partial charge in [-0.15, -0.1) is 0 Å². The molecular weight excluding hydrogens is 129 g/mol. The molecule has 0 bridgehead atoms. The van der Waals surface area contributed by atoms with Gasteiger partial charge in [0, 0.05) is 18.5 Å². The van der Waals surface area contributed by atoms with E-state index in [-0.39, 0.29) is 5.41 Å². The van der Waals surface area contributed by atoms with Crippen molar-refractivity contribution >= 4 is 0 Å². The highest BCUT2D eigenvalue weighted by Crippen LogP contribution is 2.34. The summed E-state index contributed by atoms with van der Waals surface area (Å²) in [4.78, 5) is 0. The van der Waals surface area contributed by atoms with Crippen molar-refractivity contribution in [3.63, 3.8) is 0 Å². The number of hydrogen-bond acceptors (Lipinski definition) is 1. The zero-order valence-corrected chi connectivity index (χ0v) is 6.78. The van der Waals surface area contributed by atoms with Gasteiger partial charge in [-0.05, 0) is 12.8 Å². The third-order valence-electron chi connectivity index (χ3n) is 2.68. The molecule has 10 heavy (non-hydrogen) atoms. The summed E-state index contributed by atoms with van der Waals surface area (Å²) in [6.45, 7) is 5.74. The Balaban J connectivity index is 2.46. The smallest absolute Gasteiger partial charge is 0.108 e. The predicted octanol–water partition coefficient (Wildman–Crippen LogP) is 1.73. The lowest BCUT2D eigenvalue weighted by Crippen LogP contribution is -2.58. The lowest BCUT2D eigenvalue weighted by Gasteiger charge is -2.44. The second-order valence-corrected chi connectivity index (χ2v) is 3.20. The van der Waals surface area contributed by atoms with Gasteiger partial charge in [-0.3, -0.25) is 0 Å². The van der Waals surface area contributed by atoms with Crippen LogP contribution in [0.2, 0.25) is 0 Å². The first-order valence-corrected chi connectivity index (χ1v) is 4.10.